The average molecular weight is 337 g/mol. The Hall–Kier alpha value is -1.88. The molecule has 20 heavy (non-hydrogen) atoms. The van der Waals surface area contributed by atoms with E-state index < -0.39 is 0 Å². The number of hydrogen-bond acceptors (Lipinski definition) is 2. The molecule has 0 fully saturated rings. The maximum absolute atomic E-state index is 13.2. The molecule has 0 unspecified atom stereocenters. The summed E-state index contributed by atoms with van der Waals surface area (Å²) in [6.45, 7) is 1.99. The largest absolute Gasteiger partial charge is 0.381 e. The van der Waals surface area contributed by atoms with Gasteiger partial charge in [0.2, 0.25) is 5.91 Å². The van der Waals surface area contributed by atoms with Crippen molar-refractivity contribution in [1.82, 2.24) is 0 Å². The van der Waals surface area contributed by atoms with E-state index in [9.17, 15) is 9.18 Å². The molecule has 2 rings (SSSR count). The third kappa shape index (κ3) is 4.35. The van der Waals surface area contributed by atoms with Crippen LogP contribution in [0.4, 0.5) is 15.8 Å². The zero-order valence-corrected chi connectivity index (χ0v) is 12.5. The van der Waals surface area contributed by atoms with E-state index in [4.69, 9.17) is 0 Å². The lowest BCUT2D eigenvalue weighted by Crippen LogP contribution is -2.05. The Morgan fingerprint density at radius 1 is 1.15 bits per heavy atom. The minimum Gasteiger partial charge on any atom is -0.381 e. The van der Waals surface area contributed by atoms with Crippen molar-refractivity contribution in [2.24, 2.45) is 0 Å². The number of amides is 1. The van der Waals surface area contributed by atoms with Crippen molar-refractivity contribution < 1.29 is 9.18 Å². The Morgan fingerprint density at radius 2 is 1.80 bits per heavy atom. The molecule has 0 saturated heterocycles. The molecule has 104 valence electrons. The van der Waals surface area contributed by atoms with Crippen LogP contribution in [0.3, 0.4) is 0 Å². The number of carbonyl (C=O) groups is 1. The third-order valence-corrected chi connectivity index (χ3v) is 3.08. The van der Waals surface area contributed by atoms with Gasteiger partial charge in [0, 0.05) is 29.3 Å². The van der Waals surface area contributed by atoms with Gasteiger partial charge in [0.1, 0.15) is 5.82 Å². The van der Waals surface area contributed by atoms with Crippen molar-refractivity contribution in [3.8, 4) is 0 Å². The minimum atomic E-state index is -0.266. The van der Waals surface area contributed by atoms with Crippen LogP contribution in [-0.2, 0) is 11.3 Å². The van der Waals surface area contributed by atoms with Crippen molar-refractivity contribution in [2.75, 3.05) is 10.6 Å². The second-order valence-corrected chi connectivity index (χ2v) is 5.31. The van der Waals surface area contributed by atoms with E-state index in [-0.39, 0.29) is 11.7 Å². The number of anilines is 2. The molecule has 0 aromatic heterocycles. The molecule has 0 atom stereocenters. The molecule has 0 aliphatic heterocycles. The lowest BCUT2D eigenvalue weighted by atomic mass is 10.2. The van der Waals surface area contributed by atoms with Crippen LogP contribution in [0.1, 0.15) is 12.5 Å². The monoisotopic (exact) mass is 336 g/mol. The van der Waals surface area contributed by atoms with E-state index in [0.717, 1.165) is 21.4 Å². The highest BCUT2D eigenvalue weighted by Crippen LogP contribution is 2.17. The van der Waals surface area contributed by atoms with Crippen molar-refractivity contribution in [2.45, 2.75) is 13.5 Å². The van der Waals surface area contributed by atoms with E-state index in [0.29, 0.717) is 6.54 Å². The van der Waals surface area contributed by atoms with Gasteiger partial charge in [-0.2, -0.15) is 0 Å². The van der Waals surface area contributed by atoms with Crippen LogP contribution in [0.5, 0.6) is 0 Å². The number of nitrogens with one attached hydrogen (secondary N) is 2. The number of hydrogen-bond donors (Lipinski definition) is 2. The first-order valence-electron chi connectivity index (χ1n) is 6.09. The van der Waals surface area contributed by atoms with Crippen LogP contribution < -0.4 is 10.6 Å². The molecule has 0 aliphatic carbocycles. The molecule has 3 nitrogen and oxygen atoms in total. The molecular formula is C15H14BrFN2O. The van der Waals surface area contributed by atoms with Gasteiger partial charge in [-0.3, -0.25) is 4.79 Å². The Morgan fingerprint density at radius 3 is 2.40 bits per heavy atom. The highest BCUT2D eigenvalue weighted by Gasteiger charge is 2.00. The molecule has 0 saturated carbocycles. The summed E-state index contributed by atoms with van der Waals surface area (Å²) in [5.74, 6) is -0.368. The molecule has 2 aromatic rings. The van der Waals surface area contributed by atoms with Crippen LogP contribution in [0, 0.1) is 5.82 Å². The fourth-order valence-electron chi connectivity index (χ4n) is 1.79. The fourth-order valence-corrected chi connectivity index (χ4v) is 2.30. The summed E-state index contributed by atoms with van der Waals surface area (Å²) in [6, 6.07) is 12.1. The molecule has 0 heterocycles. The van der Waals surface area contributed by atoms with Crippen LogP contribution in [0.25, 0.3) is 0 Å². The second kappa shape index (κ2) is 6.52. The molecule has 5 heteroatoms. The van der Waals surface area contributed by atoms with Gasteiger partial charge in [-0.25, -0.2) is 4.39 Å². The summed E-state index contributed by atoms with van der Waals surface area (Å²) in [5.41, 5.74) is 2.50. The molecule has 0 aliphatic rings. The van der Waals surface area contributed by atoms with E-state index in [1.807, 2.05) is 30.3 Å². The zero-order chi connectivity index (χ0) is 14.5. The van der Waals surface area contributed by atoms with Crippen LogP contribution in [0.2, 0.25) is 0 Å². The molecule has 2 aromatic carbocycles. The molecule has 2 N–H and O–H groups in total. The minimum absolute atomic E-state index is 0.102. The van der Waals surface area contributed by atoms with Gasteiger partial charge in [0.15, 0.2) is 0 Å². The van der Waals surface area contributed by atoms with Gasteiger partial charge < -0.3 is 10.6 Å². The van der Waals surface area contributed by atoms with E-state index >= 15 is 0 Å². The maximum atomic E-state index is 13.2. The summed E-state index contributed by atoms with van der Waals surface area (Å²) in [7, 11) is 0. The predicted molar refractivity (Wildman–Crippen MR) is 82.2 cm³/mol. The van der Waals surface area contributed by atoms with E-state index in [1.165, 1.54) is 19.1 Å². The van der Waals surface area contributed by atoms with Gasteiger partial charge in [-0.1, -0.05) is 15.9 Å². The molecular weight excluding hydrogens is 323 g/mol. The average Bonchev–Trinajstić information content (AvgIpc) is 2.36. The highest BCUT2D eigenvalue weighted by atomic mass is 79.9. The molecule has 1 amide bonds. The van der Waals surface area contributed by atoms with Crippen LogP contribution in [0.15, 0.2) is 46.9 Å². The lowest BCUT2D eigenvalue weighted by Gasteiger charge is -2.08. The Kier molecular flexibility index (Phi) is 4.74. The van der Waals surface area contributed by atoms with Gasteiger partial charge >= 0.3 is 0 Å². The topological polar surface area (TPSA) is 41.1 Å². The van der Waals surface area contributed by atoms with Crippen molar-refractivity contribution in [3.63, 3.8) is 0 Å². The first-order chi connectivity index (χ1) is 9.52. The number of halogens is 2. The van der Waals surface area contributed by atoms with Crippen molar-refractivity contribution >= 4 is 33.2 Å². The van der Waals surface area contributed by atoms with Crippen LogP contribution in [-0.4, -0.2) is 5.91 Å². The maximum Gasteiger partial charge on any atom is 0.221 e. The summed E-state index contributed by atoms with van der Waals surface area (Å²) in [4.78, 5) is 10.9. The second-order valence-electron chi connectivity index (χ2n) is 4.39. The lowest BCUT2D eigenvalue weighted by molar-refractivity contribution is -0.114. The summed E-state index contributed by atoms with van der Waals surface area (Å²) in [5, 5.41) is 5.89. The highest BCUT2D eigenvalue weighted by molar-refractivity contribution is 9.10. The smallest absolute Gasteiger partial charge is 0.221 e. The number of rotatable bonds is 4. The number of carbonyl (C=O) groups excluding carboxylic acids is 1. The normalized spacial score (nSPS) is 10.2. The summed E-state index contributed by atoms with van der Waals surface area (Å²) >= 11 is 3.26. The summed E-state index contributed by atoms with van der Waals surface area (Å²) in [6.07, 6.45) is 0. The fraction of sp³-hybridized carbons (Fsp3) is 0.133. The number of benzene rings is 2. The van der Waals surface area contributed by atoms with Gasteiger partial charge in [0.25, 0.3) is 0 Å². The van der Waals surface area contributed by atoms with E-state index in [2.05, 4.69) is 26.6 Å². The predicted octanol–water partition coefficient (Wildman–Crippen LogP) is 4.16. The third-order valence-electron chi connectivity index (χ3n) is 2.62. The SMILES string of the molecule is CC(=O)Nc1ccc(NCc2cc(F)cc(Br)c2)cc1. The Bertz CT molecular complexity index is 594. The first kappa shape index (κ1) is 14.5. The quantitative estimate of drug-likeness (QED) is 0.880. The standard InChI is InChI=1S/C15H14BrFN2O/c1-10(20)19-15-4-2-14(3-5-15)18-9-11-6-12(16)8-13(17)7-11/h2-8,18H,9H2,1H3,(H,19,20). The Balaban J connectivity index is 1.98. The molecule has 0 spiro atoms. The summed E-state index contributed by atoms with van der Waals surface area (Å²) < 4.78 is 13.9. The molecule has 0 bridgehead atoms. The molecule has 0 radical (unpaired) electrons. The van der Waals surface area contributed by atoms with Crippen molar-refractivity contribution in [3.05, 3.63) is 58.3 Å². The first-order valence-corrected chi connectivity index (χ1v) is 6.89. The van der Waals surface area contributed by atoms with Crippen molar-refractivity contribution in [1.29, 1.82) is 0 Å². The van der Waals surface area contributed by atoms with Crippen LogP contribution >= 0.6 is 15.9 Å². The van der Waals surface area contributed by atoms with Gasteiger partial charge in [-0.15, -0.1) is 0 Å². The van der Waals surface area contributed by atoms with Gasteiger partial charge in [-0.05, 0) is 48.0 Å². The Labute approximate surface area is 125 Å². The zero-order valence-electron chi connectivity index (χ0n) is 10.9. The van der Waals surface area contributed by atoms with E-state index in [1.54, 1.807) is 0 Å². The van der Waals surface area contributed by atoms with Gasteiger partial charge in [0.05, 0.1) is 0 Å².